The van der Waals surface area contributed by atoms with Gasteiger partial charge in [-0.05, 0) is 44.2 Å². The number of benzene rings is 2. The molecule has 6 nitrogen and oxygen atoms in total. The molecule has 0 saturated heterocycles. The van der Waals surface area contributed by atoms with Gasteiger partial charge >= 0.3 is 0 Å². The predicted molar refractivity (Wildman–Crippen MR) is 93.4 cm³/mol. The second-order valence-corrected chi connectivity index (χ2v) is 5.90. The molecule has 0 atom stereocenters. The van der Waals surface area contributed by atoms with Gasteiger partial charge in [-0.25, -0.2) is 0 Å². The monoisotopic (exact) mass is 335 g/mol. The van der Waals surface area contributed by atoms with Crippen molar-refractivity contribution in [2.45, 2.75) is 13.8 Å². The van der Waals surface area contributed by atoms with Gasteiger partial charge in [0.1, 0.15) is 5.75 Å². The Labute approximate surface area is 145 Å². The zero-order valence-electron chi connectivity index (χ0n) is 14.0. The summed E-state index contributed by atoms with van der Waals surface area (Å²) < 4.78 is 10.9. The Kier molecular flexibility index (Phi) is 3.72. The van der Waals surface area contributed by atoms with Crippen molar-refractivity contribution in [3.05, 3.63) is 48.0 Å². The third-order valence-corrected chi connectivity index (χ3v) is 4.17. The van der Waals surface area contributed by atoms with Crippen LogP contribution in [0.2, 0.25) is 0 Å². The summed E-state index contributed by atoms with van der Waals surface area (Å²) in [4.78, 5) is 18.2. The van der Waals surface area contributed by atoms with Crippen molar-refractivity contribution in [2.75, 3.05) is 18.1 Å². The van der Waals surface area contributed by atoms with E-state index in [4.69, 9.17) is 9.26 Å². The molecular formula is C19H17N3O3. The fourth-order valence-electron chi connectivity index (χ4n) is 2.92. The molecule has 2 aromatic carbocycles. The van der Waals surface area contributed by atoms with Crippen LogP contribution < -0.4 is 9.64 Å². The van der Waals surface area contributed by atoms with E-state index in [0.29, 0.717) is 24.0 Å². The molecule has 126 valence electrons. The molecule has 1 aromatic heterocycles. The predicted octanol–water partition coefficient (Wildman–Crippen LogP) is 3.46. The normalized spacial score (nSPS) is 13.5. The number of carbonyl (C=O) groups excluding carboxylic acids is 1. The number of fused-ring (bicyclic) bond motifs is 1. The van der Waals surface area contributed by atoms with Crippen molar-refractivity contribution in [2.24, 2.45) is 0 Å². The maximum absolute atomic E-state index is 12.0. The molecule has 6 heteroatoms. The van der Waals surface area contributed by atoms with Gasteiger partial charge in [0.25, 0.3) is 11.8 Å². The van der Waals surface area contributed by atoms with E-state index in [-0.39, 0.29) is 12.5 Å². The van der Waals surface area contributed by atoms with Crippen molar-refractivity contribution in [3.63, 3.8) is 0 Å². The molecule has 0 radical (unpaired) electrons. The average Bonchev–Trinajstić information content (AvgIpc) is 3.11. The van der Waals surface area contributed by atoms with Crippen LogP contribution in [0.1, 0.15) is 12.5 Å². The summed E-state index contributed by atoms with van der Waals surface area (Å²) in [7, 11) is 0. The van der Waals surface area contributed by atoms with Gasteiger partial charge in [-0.2, -0.15) is 4.98 Å². The van der Waals surface area contributed by atoms with E-state index in [1.54, 1.807) is 4.90 Å². The molecule has 0 spiro atoms. The lowest BCUT2D eigenvalue weighted by molar-refractivity contribution is -0.121. The van der Waals surface area contributed by atoms with Gasteiger partial charge in [0, 0.05) is 17.7 Å². The number of aromatic nitrogens is 2. The first-order chi connectivity index (χ1) is 12.2. The lowest BCUT2D eigenvalue weighted by Crippen LogP contribution is -2.38. The molecule has 25 heavy (non-hydrogen) atoms. The highest BCUT2D eigenvalue weighted by Gasteiger charge is 2.25. The number of carbonyl (C=O) groups is 1. The van der Waals surface area contributed by atoms with Gasteiger partial charge in [-0.15, -0.1) is 0 Å². The minimum absolute atomic E-state index is 0.0549. The fraction of sp³-hybridized carbons (Fsp3) is 0.211. The molecule has 0 N–H and O–H groups in total. The van der Waals surface area contributed by atoms with Crippen LogP contribution in [-0.4, -0.2) is 29.2 Å². The highest BCUT2D eigenvalue weighted by molar-refractivity contribution is 5.98. The number of nitrogens with zero attached hydrogens (tertiary/aromatic N) is 3. The molecule has 0 saturated carbocycles. The number of hydrogen-bond donors (Lipinski definition) is 0. The molecule has 0 aliphatic carbocycles. The smallest absolute Gasteiger partial charge is 0.265 e. The van der Waals surface area contributed by atoms with E-state index in [2.05, 4.69) is 10.1 Å². The van der Waals surface area contributed by atoms with Crippen LogP contribution in [0, 0.1) is 6.92 Å². The van der Waals surface area contributed by atoms with Crippen molar-refractivity contribution in [3.8, 4) is 28.6 Å². The largest absolute Gasteiger partial charge is 0.482 e. The Morgan fingerprint density at radius 3 is 2.84 bits per heavy atom. The number of rotatable bonds is 3. The summed E-state index contributed by atoms with van der Waals surface area (Å²) in [5.41, 5.74) is 3.52. The molecule has 1 aliphatic rings. The Hall–Kier alpha value is -3.15. The van der Waals surface area contributed by atoms with Crippen molar-refractivity contribution < 1.29 is 14.1 Å². The van der Waals surface area contributed by atoms with Crippen molar-refractivity contribution in [1.82, 2.24) is 10.1 Å². The summed E-state index contributed by atoms with van der Waals surface area (Å²) in [6.07, 6.45) is 0. The zero-order chi connectivity index (χ0) is 17.4. The van der Waals surface area contributed by atoms with Crippen LogP contribution in [0.5, 0.6) is 5.75 Å². The van der Waals surface area contributed by atoms with Crippen LogP contribution >= 0.6 is 0 Å². The van der Waals surface area contributed by atoms with Crippen LogP contribution in [0.25, 0.3) is 22.8 Å². The quantitative estimate of drug-likeness (QED) is 0.733. The SMILES string of the molecule is CCN1C(=O)COc2ccc(-c3noc(-c4cccc(C)c4)n3)cc21. The van der Waals surface area contributed by atoms with Gasteiger partial charge < -0.3 is 14.2 Å². The number of hydrogen-bond acceptors (Lipinski definition) is 5. The molecular weight excluding hydrogens is 318 g/mol. The first-order valence-electron chi connectivity index (χ1n) is 8.14. The number of aryl methyl sites for hydroxylation is 1. The van der Waals surface area contributed by atoms with Crippen molar-refractivity contribution >= 4 is 11.6 Å². The van der Waals surface area contributed by atoms with E-state index < -0.39 is 0 Å². The molecule has 0 fully saturated rings. The number of ether oxygens (including phenoxy) is 1. The maximum Gasteiger partial charge on any atom is 0.265 e. The van der Waals surface area contributed by atoms with E-state index in [9.17, 15) is 4.79 Å². The Bertz CT molecular complexity index is 949. The molecule has 4 rings (SSSR count). The standard InChI is InChI=1S/C19H17N3O3/c1-3-22-15-10-13(7-8-16(15)24-11-17(22)23)18-20-19(25-21-18)14-6-4-5-12(2)9-14/h4-10H,3,11H2,1-2H3. The topological polar surface area (TPSA) is 68.5 Å². The summed E-state index contributed by atoms with van der Waals surface area (Å²) >= 11 is 0. The Balaban J connectivity index is 1.72. The van der Waals surface area contributed by atoms with Crippen molar-refractivity contribution in [1.29, 1.82) is 0 Å². The van der Waals surface area contributed by atoms with Crippen LogP contribution in [-0.2, 0) is 4.79 Å². The fourth-order valence-corrected chi connectivity index (χ4v) is 2.92. The Morgan fingerprint density at radius 2 is 2.04 bits per heavy atom. The highest BCUT2D eigenvalue weighted by Crippen LogP contribution is 2.35. The summed E-state index contributed by atoms with van der Waals surface area (Å²) in [5.74, 6) is 1.58. The van der Waals surface area contributed by atoms with Gasteiger partial charge in [0.05, 0.1) is 5.69 Å². The summed E-state index contributed by atoms with van der Waals surface area (Å²) in [6, 6.07) is 13.5. The minimum atomic E-state index is -0.0549. The van der Waals surface area contributed by atoms with E-state index in [1.165, 1.54) is 0 Å². The van der Waals surface area contributed by atoms with Crippen LogP contribution in [0.15, 0.2) is 47.0 Å². The Morgan fingerprint density at radius 1 is 1.16 bits per heavy atom. The van der Waals surface area contributed by atoms with Crippen LogP contribution in [0.4, 0.5) is 5.69 Å². The van der Waals surface area contributed by atoms with Gasteiger partial charge in [0.2, 0.25) is 5.82 Å². The third-order valence-electron chi connectivity index (χ3n) is 4.17. The summed E-state index contributed by atoms with van der Waals surface area (Å²) in [5, 5.41) is 4.08. The lowest BCUT2D eigenvalue weighted by atomic mass is 10.1. The molecule has 1 aliphatic heterocycles. The molecule has 3 aromatic rings. The number of anilines is 1. The third kappa shape index (κ3) is 2.76. The van der Waals surface area contributed by atoms with E-state index in [1.807, 2.05) is 56.3 Å². The van der Waals surface area contributed by atoms with E-state index in [0.717, 1.165) is 22.4 Å². The summed E-state index contributed by atoms with van der Waals surface area (Å²) in [6.45, 7) is 4.60. The highest BCUT2D eigenvalue weighted by atomic mass is 16.5. The molecule has 2 heterocycles. The second kappa shape index (κ2) is 6.05. The molecule has 1 amide bonds. The lowest BCUT2D eigenvalue weighted by Gasteiger charge is -2.28. The van der Waals surface area contributed by atoms with E-state index >= 15 is 0 Å². The van der Waals surface area contributed by atoms with Gasteiger partial charge in [0.15, 0.2) is 6.61 Å². The number of likely N-dealkylation sites (N-methyl/N-ethyl adjacent to an activating group) is 1. The average molecular weight is 335 g/mol. The second-order valence-electron chi connectivity index (χ2n) is 5.90. The first kappa shape index (κ1) is 15.4. The first-order valence-corrected chi connectivity index (χ1v) is 8.14. The minimum Gasteiger partial charge on any atom is -0.482 e. The number of amides is 1. The van der Waals surface area contributed by atoms with Gasteiger partial charge in [-0.3, -0.25) is 4.79 Å². The maximum atomic E-state index is 12.0. The van der Waals surface area contributed by atoms with Crippen LogP contribution in [0.3, 0.4) is 0 Å². The zero-order valence-corrected chi connectivity index (χ0v) is 14.0. The molecule has 0 bridgehead atoms. The molecule has 0 unspecified atom stereocenters. The van der Waals surface area contributed by atoms with Gasteiger partial charge in [-0.1, -0.05) is 22.9 Å².